The third-order valence-electron chi connectivity index (χ3n) is 3.26. The van der Waals surface area contributed by atoms with Crippen molar-refractivity contribution in [1.82, 2.24) is 9.80 Å². The summed E-state index contributed by atoms with van der Waals surface area (Å²) in [6.45, 7) is 8.76. The Morgan fingerprint density at radius 1 is 1.50 bits per heavy atom. The molecule has 1 atom stereocenters. The second-order valence-corrected chi connectivity index (χ2v) is 4.65. The third-order valence-corrected chi connectivity index (χ3v) is 3.26. The zero-order valence-electron chi connectivity index (χ0n) is 9.87. The van der Waals surface area contributed by atoms with Crippen LogP contribution in [0.3, 0.4) is 0 Å². The smallest absolute Gasteiger partial charge is 0.0220 e. The second-order valence-electron chi connectivity index (χ2n) is 4.65. The Labute approximate surface area is 88.2 Å². The summed E-state index contributed by atoms with van der Waals surface area (Å²) in [6, 6.07) is 1.37. The summed E-state index contributed by atoms with van der Waals surface area (Å²) in [6.07, 6.45) is 2.71. The maximum absolute atomic E-state index is 5.62. The average molecular weight is 199 g/mol. The number of likely N-dealkylation sites (tertiary alicyclic amines) is 1. The van der Waals surface area contributed by atoms with Crippen LogP contribution in [0.25, 0.3) is 0 Å². The van der Waals surface area contributed by atoms with E-state index in [0.29, 0.717) is 6.04 Å². The largest absolute Gasteiger partial charge is 0.329 e. The van der Waals surface area contributed by atoms with Crippen LogP contribution < -0.4 is 5.73 Å². The topological polar surface area (TPSA) is 32.5 Å². The number of hydrogen-bond acceptors (Lipinski definition) is 3. The molecule has 2 N–H and O–H groups in total. The number of hydrogen-bond donors (Lipinski definition) is 1. The van der Waals surface area contributed by atoms with E-state index in [4.69, 9.17) is 5.73 Å². The Hall–Kier alpha value is -0.120. The van der Waals surface area contributed by atoms with Crippen molar-refractivity contribution in [2.45, 2.75) is 38.8 Å². The van der Waals surface area contributed by atoms with E-state index in [-0.39, 0.29) is 0 Å². The van der Waals surface area contributed by atoms with Gasteiger partial charge in [0.2, 0.25) is 0 Å². The van der Waals surface area contributed by atoms with Crippen molar-refractivity contribution in [1.29, 1.82) is 0 Å². The molecule has 3 nitrogen and oxygen atoms in total. The molecule has 1 aliphatic rings. The van der Waals surface area contributed by atoms with Crippen LogP contribution in [-0.2, 0) is 0 Å². The molecule has 1 aliphatic heterocycles. The molecule has 0 spiro atoms. The fourth-order valence-corrected chi connectivity index (χ4v) is 2.21. The number of likely N-dealkylation sites (N-methyl/N-ethyl adjacent to an activating group) is 1. The standard InChI is InChI=1S/C11H25N3/c1-10(2)14(8-6-12)9-11-5-4-7-13(11)3/h10-11H,4-9,12H2,1-3H3. The molecule has 1 heterocycles. The molecule has 0 aromatic carbocycles. The van der Waals surface area contributed by atoms with E-state index in [1.54, 1.807) is 0 Å². The summed E-state index contributed by atoms with van der Waals surface area (Å²) in [5.74, 6) is 0. The zero-order chi connectivity index (χ0) is 10.6. The van der Waals surface area contributed by atoms with Crippen LogP contribution in [0, 0.1) is 0 Å². The van der Waals surface area contributed by atoms with Crippen molar-refractivity contribution in [3.8, 4) is 0 Å². The minimum atomic E-state index is 0.618. The van der Waals surface area contributed by atoms with Gasteiger partial charge in [-0.25, -0.2) is 0 Å². The monoisotopic (exact) mass is 199 g/mol. The summed E-state index contributed by atoms with van der Waals surface area (Å²) < 4.78 is 0. The van der Waals surface area contributed by atoms with Crippen molar-refractivity contribution < 1.29 is 0 Å². The van der Waals surface area contributed by atoms with Gasteiger partial charge in [-0.3, -0.25) is 4.90 Å². The summed E-state index contributed by atoms with van der Waals surface area (Å²) in [5, 5.41) is 0. The van der Waals surface area contributed by atoms with Crippen LogP contribution in [0.15, 0.2) is 0 Å². The van der Waals surface area contributed by atoms with Crippen LogP contribution >= 0.6 is 0 Å². The van der Waals surface area contributed by atoms with E-state index < -0.39 is 0 Å². The number of rotatable bonds is 5. The maximum Gasteiger partial charge on any atom is 0.0220 e. The van der Waals surface area contributed by atoms with Crippen molar-refractivity contribution in [2.24, 2.45) is 5.73 Å². The number of nitrogens with zero attached hydrogens (tertiary/aromatic N) is 2. The van der Waals surface area contributed by atoms with Crippen LogP contribution in [0.2, 0.25) is 0 Å². The maximum atomic E-state index is 5.62. The Bertz CT molecular complexity index is 159. The zero-order valence-corrected chi connectivity index (χ0v) is 9.87. The summed E-state index contributed by atoms with van der Waals surface area (Å²) in [4.78, 5) is 4.97. The predicted octanol–water partition coefficient (Wildman–Crippen LogP) is 0.750. The molecule has 1 rings (SSSR count). The van der Waals surface area contributed by atoms with Gasteiger partial charge in [0, 0.05) is 31.7 Å². The molecule has 84 valence electrons. The van der Waals surface area contributed by atoms with E-state index in [1.165, 1.54) is 25.9 Å². The van der Waals surface area contributed by atoms with E-state index in [9.17, 15) is 0 Å². The molecule has 0 aromatic heterocycles. The summed E-state index contributed by atoms with van der Waals surface area (Å²) >= 11 is 0. The Morgan fingerprint density at radius 2 is 2.21 bits per heavy atom. The Kier molecular flexibility index (Phi) is 4.85. The first-order valence-corrected chi connectivity index (χ1v) is 5.79. The Morgan fingerprint density at radius 3 is 2.64 bits per heavy atom. The average Bonchev–Trinajstić information content (AvgIpc) is 2.51. The molecule has 0 saturated carbocycles. The van der Waals surface area contributed by atoms with E-state index in [0.717, 1.165) is 19.1 Å². The highest BCUT2D eigenvalue weighted by atomic mass is 15.2. The summed E-state index contributed by atoms with van der Waals surface area (Å²) in [7, 11) is 2.23. The fraction of sp³-hybridized carbons (Fsp3) is 1.00. The van der Waals surface area contributed by atoms with Gasteiger partial charge in [-0.05, 0) is 40.3 Å². The highest BCUT2D eigenvalue weighted by molar-refractivity contribution is 4.80. The van der Waals surface area contributed by atoms with Gasteiger partial charge in [-0.2, -0.15) is 0 Å². The molecule has 14 heavy (non-hydrogen) atoms. The van der Waals surface area contributed by atoms with Gasteiger partial charge in [0.15, 0.2) is 0 Å². The van der Waals surface area contributed by atoms with Gasteiger partial charge >= 0.3 is 0 Å². The molecule has 1 fully saturated rings. The van der Waals surface area contributed by atoms with E-state index in [1.807, 2.05) is 0 Å². The molecule has 0 bridgehead atoms. The fourth-order valence-electron chi connectivity index (χ4n) is 2.21. The van der Waals surface area contributed by atoms with Crippen LogP contribution in [0.5, 0.6) is 0 Å². The van der Waals surface area contributed by atoms with E-state index in [2.05, 4.69) is 30.7 Å². The van der Waals surface area contributed by atoms with Gasteiger partial charge in [0.25, 0.3) is 0 Å². The summed E-state index contributed by atoms with van der Waals surface area (Å²) in [5.41, 5.74) is 5.62. The normalized spacial score (nSPS) is 24.0. The first kappa shape index (κ1) is 12.0. The van der Waals surface area contributed by atoms with Crippen molar-refractivity contribution in [3.63, 3.8) is 0 Å². The predicted molar refractivity (Wildman–Crippen MR) is 61.4 cm³/mol. The molecule has 0 radical (unpaired) electrons. The van der Waals surface area contributed by atoms with Gasteiger partial charge in [-0.1, -0.05) is 0 Å². The van der Waals surface area contributed by atoms with E-state index >= 15 is 0 Å². The molecule has 1 saturated heterocycles. The minimum absolute atomic E-state index is 0.618. The second kappa shape index (κ2) is 5.69. The lowest BCUT2D eigenvalue weighted by molar-refractivity contribution is 0.165. The lowest BCUT2D eigenvalue weighted by Crippen LogP contribution is -2.43. The van der Waals surface area contributed by atoms with Gasteiger partial charge in [0.1, 0.15) is 0 Å². The van der Waals surface area contributed by atoms with Crippen LogP contribution in [0.1, 0.15) is 26.7 Å². The van der Waals surface area contributed by atoms with Gasteiger partial charge in [0.05, 0.1) is 0 Å². The van der Waals surface area contributed by atoms with Crippen molar-refractivity contribution in [3.05, 3.63) is 0 Å². The highest BCUT2D eigenvalue weighted by Crippen LogP contribution is 2.16. The molecular weight excluding hydrogens is 174 g/mol. The molecule has 3 heteroatoms. The molecular formula is C11H25N3. The highest BCUT2D eigenvalue weighted by Gasteiger charge is 2.23. The van der Waals surface area contributed by atoms with Crippen molar-refractivity contribution in [2.75, 3.05) is 33.2 Å². The SMILES string of the molecule is CC(C)N(CCN)CC1CCCN1C. The van der Waals surface area contributed by atoms with Gasteiger partial charge < -0.3 is 10.6 Å². The quantitative estimate of drug-likeness (QED) is 0.709. The lowest BCUT2D eigenvalue weighted by atomic mass is 10.2. The van der Waals surface area contributed by atoms with Gasteiger partial charge in [-0.15, -0.1) is 0 Å². The minimum Gasteiger partial charge on any atom is -0.329 e. The first-order valence-electron chi connectivity index (χ1n) is 5.79. The Balaban J connectivity index is 2.37. The number of nitrogens with two attached hydrogens (primary N) is 1. The first-order chi connectivity index (χ1) is 6.65. The van der Waals surface area contributed by atoms with Crippen LogP contribution in [0.4, 0.5) is 0 Å². The molecule has 1 unspecified atom stereocenters. The molecule has 0 aromatic rings. The molecule has 0 aliphatic carbocycles. The van der Waals surface area contributed by atoms with Crippen molar-refractivity contribution >= 4 is 0 Å². The van der Waals surface area contributed by atoms with Crippen LogP contribution in [-0.4, -0.2) is 55.1 Å². The third kappa shape index (κ3) is 3.23. The molecule has 0 amide bonds. The lowest BCUT2D eigenvalue weighted by Gasteiger charge is -2.31.